The second-order valence-electron chi connectivity index (χ2n) is 14.5. The average molecular weight is 681 g/mol. The van der Waals surface area contributed by atoms with Crippen molar-refractivity contribution in [2.24, 2.45) is 0 Å². The van der Waals surface area contributed by atoms with Crippen LogP contribution in [0.15, 0.2) is 24.3 Å². The molecule has 0 amide bonds. The van der Waals surface area contributed by atoms with Gasteiger partial charge in [-0.15, -0.1) is 0 Å². The number of rotatable bonds is 19. The summed E-state index contributed by atoms with van der Waals surface area (Å²) in [7, 11) is -3.79. The molecule has 0 fully saturated rings. The molecular formula is C34H65LiO9Si2. The van der Waals surface area contributed by atoms with Crippen molar-refractivity contribution in [1.29, 1.82) is 0 Å². The Labute approximate surface area is 294 Å². The Morgan fingerprint density at radius 3 is 1.33 bits per heavy atom. The summed E-state index contributed by atoms with van der Waals surface area (Å²) in [6.07, 6.45) is 11.9. The van der Waals surface area contributed by atoms with Gasteiger partial charge in [0.1, 0.15) is 0 Å². The quantitative estimate of drug-likeness (QED) is 0.0793. The number of hydrogen-bond acceptors (Lipinski definition) is 8. The van der Waals surface area contributed by atoms with Gasteiger partial charge in [0.15, 0.2) is 28.2 Å². The molecule has 264 valence electrons. The molecule has 0 radical (unpaired) electrons. The van der Waals surface area contributed by atoms with E-state index in [-0.39, 0.29) is 70.6 Å². The van der Waals surface area contributed by atoms with Crippen molar-refractivity contribution in [1.82, 2.24) is 0 Å². The van der Waals surface area contributed by atoms with Gasteiger partial charge in [-0.1, -0.05) is 66.5 Å². The van der Waals surface area contributed by atoms with Crippen molar-refractivity contribution in [3.8, 4) is 0 Å². The van der Waals surface area contributed by atoms with E-state index < -0.39 is 22.6 Å². The summed E-state index contributed by atoms with van der Waals surface area (Å²) in [5, 5.41) is 8.90. The van der Waals surface area contributed by atoms with Crippen LogP contribution in [-0.2, 0) is 32.8 Å². The maximum absolute atomic E-state index is 11.4. The molecule has 2 atom stereocenters. The Morgan fingerprint density at radius 1 is 0.696 bits per heavy atom. The number of hydrogen-bond donors (Lipinski definition) is 1. The van der Waals surface area contributed by atoms with E-state index in [0.717, 1.165) is 32.1 Å². The number of allylic oxidation sites excluding steroid dienone is 2. The number of aliphatic carboxylic acids is 1. The SMILES string of the molecule is CC(=O)/C=C/C(CCCCC(=O)O)O[Si](C)(C)C(C)(C)C.CCOC(=O)CCCCC(/C=C/C(C)=O)O[Si](C)(C)C(C)(C)C.[Li+].[OH-]. The molecule has 0 aliphatic carbocycles. The molecule has 0 saturated heterocycles. The van der Waals surface area contributed by atoms with Gasteiger partial charge in [-0.3, -0.25) is 19.2 Å². The molecule has 0 aliphatic heterocycles. The van der Waals surface area contributed by atoms with E-state index in [0.29, 0.717) is 19.4 Å². The molecule has 46 heavy (non-hydrogen) atoms. The zero-order chi connectivity index (χ0) is 34.8. The second kappa shape index (κ2) is 24.8. The van der Waals surface area contributed by atoms with E-state index in [2.05, 4.69) is 67.7 Å². The molecule has 0 rings (SSSR count). The van der Waals surface area contributed by atoms with Crippen LogP contribution in [0.1, 0.15) is 114 Å². The Kier molecular flexibility index (Phi) is 27.7. The van der Waals surface area contributed by atoms with Gasteiger partial charge in [0, 0.05) is 12.8 Å². The van der Waals surface area contributed by atoms with E-state index in [4.69, 9.17) is 18.7 Å². The van der Waals surface area contributed by atoms with E-state index in [9.17, 15) is 19.2 Å². The third kappa shape index (κ3) is 25.7. The summed E-state index contributed by atoms with van der Waals surface area (Å²) in [4.78, 5) is 44.2. The first-order valence-corrected chi connectivity index (χ1v) is 21.9. The van der Waals surface area contributed by atoms with Gasteiger partial charge in [-0.2, -0.15) is 0 Å². The molecule has 0 spiro atoms. The average Bonchev–Trinajstić information content (AvgIpc) is 2.84. The number of carbonyl (C=O) groups is 4. The van der Waals surface area contributed by atoms with E-state index >= 15 is 0 Å². The smallest absolute Gasteiger partial charge is 0.870 e. The van der Waals surface area contributed by atoms with E-state index in [1.54, 1.807) is 19.1 Å². The Balaban J connectivity index is -0.000000369. The molecule has 0 heterocycles. The maximum Gasteiger partial charge on any atom is 1.00 e. The Morgan fingerprint density at radius 2 is 1.04 bits per heavy atom. The van der Waals surface area contributed by atoms with Crippen LogP contribution in [0.25, 0.3) is 0 Å². The van der Waals surface area contributed by atoms with Crippen LogP contribution in [0.2, 0.25) is 36.3 Å². The minimum atomic E-state index is -1.90. The summed E-state index contributed by atoms with van der Waals surface area (Å²) in [6.45, 7) is 27.2. The predicted octanol–water partition coefficient (Wildman–Crippen LogP) is 5.64. The molecule has 9 nitrogen and oxygen atoms in total. The van der Waals surface area contributed by atoms with Crippen LogP contribution < -0.4 is 18.9 Å². The summed E-state index contributed by atoms with van der Waals surface area (Å²) in [5.74, 6) is -0.880. The fraction of sp³-hybridized carbons (Fsp3) is 0.765. The zero-order valence-electron chi connectivity index (χ0n) is 31.6. The summed E-state index contributed by atoms with van der Waals surface area (Å²) in [5.41, 5.74) is 0. The number of esters is 1. The van der Waals surface area contributed by atoms with Crippen LogP contribution >= 0.6 is 0 Å². The van der Waals surface area contributed by atoms with Crippen LogP contribution in [0.4, 0.5) is 0 Å². The third-order valence-corrected chi connectivity index (χ3v) is 17.2. The minimum Gasteiger partial charge on any atom is -0.870 e. The van der Waals surface area contributed by atoms with Crippen LogP contribution in [-0.4, -0.2) is 69.5 Å². The zero-order valence-corrected chi connectivity index (χ0v) is 33.6. The second-order valence-corrected chi connectivity index (χ2v) is 24.0. The Bertz CT molecular complexity index is 949. The first-order valence-electron chi connectivity index (χ1n) is 16.1. The van der Waals surface area contributed by atoms with Crippen LogP contribution in [0.3, 0.4) is 0 Å². The molecule has 2 unspecified atom stereocenters. The molecule has 0 saturated carbocycles. The monoisotopic (exact) mass is 680 g/mol. The molecule has 0 bridgehead atoms. The summed E-state index contributed by atoms with van der Waals surface area (Å²) in [6, 6.07) is 0. The van der Waals surface area contributed by atoms with Gasteiger partial charge in [0.2, 0.25) is 0 Å². The Hall–Kier alpha value is -1.33. The molecular weight excluding hydrogens is 615 g/mol. The summed E-state index contributed by atoms with van der Waals surface area (Å²) >= 11 is 0. The standard InChI is InChI=1S/C18H34O4Si.C16H30O4Si.Li.H2O/c1-8-21-17(20)12-10-9-11-16(14-13-15(2)19)22-23(6,7)18(3,4)5;1-13(17)11-12-14(9-7-8-10-15(18)19)20-21(5,6)16(2,3)4;;/h13-14,16H,8-12H2,1-7H3;11-12,14H,7-10H2,1-6H3,(H,18,19);;1H2/q;;+1;/p-1/b14-13+;12-11+;;. The van der Waals surface area contributed by atoms with Crippen molar-refractivity contribution in [2.45, 2.75) is 162 Å². The fourth-order valence-corrected chi connectivity index (χ4v) is 6.07. The number of ketones is 2. The van der Waals surface area contributed by atoms with Crippen molar-refractivity contribution in [2.75, 3.05) is 6.61 Å². The van der Waals surface area contributed by atoms with E-state index in [1.807, 2.05) is 19.1 Å². The molecule has 0 aromatic rings. The maximum atomic E-state index is 11.4. The number of carboxylic acid groups (broad SMARTS) is 1. The minimum absolute atomic E-state index is 0. The van der Waals surface area contributed by atoms with Crippen molar-refractivity contribution >= 4 is 40.1 Å². The predicted molar refractivity (Wildman–Crippen MR) is 187 cm³/mol. The van der Waals surface area contributed by atoms with Crippen molar-refractivity contribution in [3.63, 3.8) is 0 Å². The number of carboxylic acids is 1. The van der Waals surface area contributed by atoms with Gasteiger partial charge in [-0.05, 0) is 94.9 Å². The van der Waals surface area contributed by atoms with E-state index in [1.165, 1.54) is 6.92 Å². The van der Waals surface area contributed by atoms with Gasteiger partial charge >= 0.3 is 30.8 Å². The van der Waals surface area contributed by atoms with Crippen LogP contribution in [0.5, 0.6) is 0 Å². The molecule has 2 N–H and O–H groups in total. The third-order valence-electron chi connectivity index (χ3n) is 8.15. The van der Waals surface area contributed by atoms with Crippen molar-refractivity contribution in [3.05, 3.63) is 24.3 Å². The first kappa shape index (κ1) is 51.5. The van der Waals surface area contributed by atoms with Gasteiger partial charge in [0.25, 0.3) is 0 Å². The van der Waals surface area contributed by atoms with Crippen molar-refractivity contribution < 1.29 is 62.2 Å². The molecule has 0 aliphatic rings. The first-order chi connectivity index (χ1) is 19.9. The summed E-state index contributed by atoms with van der Waals surface area (Å²) < 4.78 is 17.6. The molecule has 12 heteroatoms. The largest absolute Gasteiger partial charge is 1.00 e. The number of carbonyl (C=O) groups excluding carboxylic acids is 3. The van der Waals surface area contributed by atoms with Gasteiger partial charge in [-0.25, -0.2) is 0 Å². The number of ether oxygens (including phenoxy) is 1. The van der Waals surface area contributed by atoms with Crippen LogP contribution in [0, 0.1) is 0 Å². The topological polar surface area (TPSA) is 146 Å². The van der Waals surface area contributed by atoms with Gasteiger partial charge in [0.05, 0.1) is 18.8 Å². The molecule has 0 aromatic carbocycles. The molecule has 0 aromatic heterocycles. The fourth-order valence-electron chi connectivity index (χ4n) is 3.45. The van der Waals surface area contributed by atoms with Gasteiger partial charge < -0.3 is 24.2 Å². The number of unbranched alkanes of at least 4 members (excludes halogenated alkanes) is 2. The normalized spacial score (nSPS) is 13.6.